The highest BCUT2D eigenvalue weighted by Gasteiger charge is 2.30. The number of hydrogen-bond donors (Lipinski definition) is 1. The molecule has 16 heavy (non-hydrogen) atoms. The zero-order valence-corrected chi connectivity index (χ0v) is 10.1. The standard InChI is InChI=1S/C12H22N2O2/c1-2-13-10-5-3-7-14(9-10)12(15)11-6-4-8-16-11/h10-11,13H,2-9H2,1H3. The average molecular weight is 226 g/mol. The van der Waals surface area contributed by atoms with Gasteiger partial charge in [0, 0.05) is 25.7 Å². The van der Waals surface area contributed by atoms with Crippen molar-refractivity contribution in [2.45, 2.75) is 44.8 Å². The van der Waals surface area contributed by atoms with Crippen LogP contribution >= 0.6 is 0 Å². The zero-order chi connectivity index (χ0) is 11.4. The maximum Gasteiger partial charge on any atom is 0.251 e. The van der Waals surface area contributed by atoms with Crippen molar-refractivity contribution in [3.8, 4) is 0 Å². The molecule has 2 aliphatic heterocycles. The summed E-state index contributed by atoms with van der Waals surface area (Å²) in [4.78, 5) is 14.1. The summed E-state index contributed by atoms with van der Waals surface area (Å²) in [5.41, 5.74) is 0. The van der Waals surface area contributed by atoms with E-state index in [1.807, 2.05) is 4.90 Å². The number of amides is 1. The summed E-state index contributed by atoms with van der Waals surface area (Å²) in [6.07, 6.45) is 4.07. The first-order valence-electron chi connectivity index (χ1n) is 6.45. The lowest BCUT2D eigenvalue weighted by atomic mass is 10.0. The van der Waals surface area contributed by atoms with Crippen molar-refractivity contribution in [1.82, 2.24) is 10.2 Å². The van der Waals surface area contributed by atoms with E-state index in [0.29, 0.717) is 6.04 Å². The Morgan fingerprint density at radius 3 is 3.00 bits per heavy atom. The predicted octanol–water partition coefficient (Wildman–Crippen LogP) is 0.766. The van der Waals surface area contributed by atoms with Crippen LogP contribution in [0.3, 0.4) is 0 Å². The third-order valence-electron chi connectivity index (χ3n) is 3.43. The minimum absolute atomic E-state index is 0.152. The van der Waals surface area contributed by atoms with Crippen molar-refractivity contribution in [3.05, 3.63) is 0 Å². The smallest absolute Gasteiger partial charge is 0.251 e. The van der Waals surface area contributed by atoms with Gasteiger partial charge in [-0.05, 0) is 32.2 Å². The monoisotopic (exact) mass is 226 g/mol. The Morgan fingerprint density at radius 2 is 2.31 bits per heavy atom. The molecule has 0 aromatic rings. The minimum atomic E-state index is -0.152. The van der Waals surface area contributed by atoms with E-state index in [0.717, 1.165) is 45.5 Å². The molecule has 0 aliphatic carbocycles. The second-order valence-electron chi connectivity index (χ2n) is 4.68. The van der Waals surface area contributed by atoms with Crippen LogP contribution in [0.1, 0.15) is 32.6 Å². The lowest BCUT2D eigenvalue weighted by Crippen LogP contribution is -2.50. The number of ether oxygens (including phenoxy) is 1. The fraction of sp³-hybridized carbons (Fsp3) is 0.917. The number of piperidine rings is 1. The van der Waals surface area contributed by atoms with E-state index in [4.69, 9.17) is 4.74 Å². The van der Waals surface area contributed by atoms with Crippen LogP contribution in [0.2, 0.25) is 0 Å². The van der Waals surface area contributed by atoms with E-state index in [9.17, 15) is 4.79 Å². The maximum atomic E-state index is 12.1. The van der Waals surface area contributed by atoms with Crippen molar-refractivity contribution in [2.24, 2.45) is 0 Å². The average Bonchev–Trinajstić information content (AvgIpc) is 2.82. The molecule has 2 unspecified atom stereocenters. The topological polar surface area (TPSA) is 41.6 Å². The largest absolute Gasteiger partial charge is 0.368 e. The van der Waals surface area contributed by atoms with E-state index in [1.54, 1.807) is 0 Å². The first-order chi connectivity index (χ1) is 7.81. The third-order valence-corrected chi connectivity index (χ3v) is 3.43. The number of nitrogens with one attached hydrogen (secondary N) is 1. The molecule has 2 fully saturated rings. The van der Waals surface area contributed by atoms with Gasteiger partial charge in [0.25, 0.3) is 5.91 Å². The van der Waals surface area contributed by atoms with Gasteiger partial charge in [-0.3, -0.25) is 4.79 Å². The molecule has 0 bridgehead atoms. The van der Waals surface area contributed by atoms with Crippen LogP contribution < -0.4 is 5.32 Å². The van der Waals surface area contributed by atoms with Gasteiger partial charge >= 0.3 is 0 Å². The number of rotatable bonds is 3. The third kappa shape index (κ3) is 2.74. The molecule has 4 heteroatoms. The predicted molar refractivity (Wildman–Crippen MR) is 62.3 cm³/mol. The van der Waals surface area contributed by atoms with Crippen LogP contribution in [0.5, 0.6) is 0 Å². The van der Waals surface area contributed by atoms with Crippen molar-refractivity contribution in [2.75, 3.05) is 26.2 Å². The summed E-state index contributed by atoms with van der Waals surface area (Å²) in [5.74, 6) is 0.208. The van der Waals surface area contributed by atoms with Gasteiger partial charge in [0.15, 0.2) is 0 Å². The normalized spacial score (nSPS) is 30.7. The molecule has 2 rings (SSSR count). The lowest BCUT2D eigenvalue weighted by molar-refractivity contribution is -0.142. The van der Waals surface area contributed by atoms with Gasteiger partial charge in [0.1, 0.15) is 6.10 Å². The molecule has 2 saturated heterocycles. The van der Waals surface area contributed by atoms with Crippen LogP contribution in [-0.2, 0) is 9.53 Å². The molecule has 4 nitrogen and oxygen atoms in total. The molecule has 1 amide bonds. The van der Waals surface area contributed by atoms with E-state index < -0.39 is 0 Å². The number of carbonyl (C=O) groups is 1. The molecule has 1 N–H and O–H groups in total. The second-order valence-corrected chi connectivity index (χ2v) is 4.68. The van der Waals surface area contributed by atoms with Crippen LogP contribution in [-0.4, -0.2) is 49.2 Å². The number of likely N-dealkylation sites (tertiary alicyclic amines) is 1. The van der Waals surface area contributed by atoms with E-state index in [2.05, 4.69) is 12.2 Å². The van der Waals surface area contributed by atoms with Crippen LogP contribution in [0.4, 0.5) is 0 Å². The highest BCUT2D eigenvalue weighted by atomic mass is 16.5. The molecular formula is C12H22N2O2. The maximum absolute atomic E-state index is 12.1. The first-order valence-corrected chi connectivity index (χ1v) is 6.45. The Hall–Kier alpha value is -0.610. The van der Waals surface area contributed by atoms with Gasteiger partial charge in [-0.25, -0.2) is 0 Å². The SMILES string of the molecule is CCNC1CCCN(C(=O)C2CCCO2)C1. The molecule has 0 spiro atoms. The molecule has 2 aliphatic rings. The Balaban J connectivity index is 1.85. The van der Waals surface area contributed by atoms with Crippen molar-refractivity contribution in [3.63, 3.8) is 0 Å². The van der Waals surface area contributed by atoms with Gasteiger partial charge in [0.05, 0.1) is 0 Å². The van der Waals surface area contributed by atoms with Crippen LogP contribution in [0.25, 0.3) is 0 Å². The highest BCUT2D eigenvalue weighted by molar-refractivity contribution is 5.81. The number of hydrogen-bond acceptors (Lipinski definition) is 3. The first kappa shape index (κ1) is 11.9. The second kappa shape index (κ2) is 5.64. The molecule has 0 radical (unpaired) electrons. The van der Waals surface area contributed by atoms with E-state index in [1.165, 1.54) is 6.42 Å². The van der Waals surface area contributed by atoms with E-state index in [-0.39, 0.29) is 12.0 Å². The molecule has 0 saturated carbocycles. The highest BCUT2D eigenvalue weighted by Crippen LogP contribution is 2.18. The number of carbonyl (C=O) groups excluding carboxylic acids is 1. The molecule has 0 aromatic carbocycles. The molecule has 0 aromatic heterocycles. The molecule has 2 atom stereocenters. The fourth-order valence-corrected chi connectivity index (χ4v) is 2.61. The van der Waals surface area contributed by atoms with Gasteiger partial charge in [0.2, 0.25) is 0 Å². The van der Waals surface area contributed by atoms with Gasteiger partial charge in [-0.15, -0.1) is 0 Å². The van der Waals surface area contributed by atoms with Gasteiger partial charge < -0.3 is 15.0 Å². The Kier molecular flexibility index (Phi) is 4.18. The molecular weight excluding hydrogens is 204 g/mol. The van der Waals surface area contributed by atoms with Crippen LogP contribution in [0, 0.1) is 0 Å². The summed E-state index contributed by atoms with van der Waals surface area (Å²) >= 11 is 0. The summed E-state index contributed by atoms with van der Waals surface area (Å²) < 4.78 is 5.45. The van der Waals surface area contributed by atoms with Crippen molar-refractivity contribution < 1.29 is 9.53 Å². The van der Waals surface area contributed by atoms with Gasteiger partial charge in [-0.1, -0.05) is 6.92 Å². The minimum Gasteiger partial charge on any atom is -0.368 e. The zero-order valence-electron chi connectivity index (χ0n) is 10.1. The van der Waals surface area contributed by atoms with Crippen LogP contribution in [0.15, 0.2) is 0 Å². The van der Waals surface area contributed by atoms with E-state index >= 15 is 0 Å². The Morgan fingerprint density at radius 1 is 1.44 bits per heavy atom. The molecule has 92 valence electrons. The van der Waals surface area contributed by atoms with Crippen molar-refractivity contribution in [1.29, 1.82) is 0 Å². The number of nitrogens with zero attached hydrogens (tertiary/aromatic N) is 1. The summed E-state index contributed by atoms with van der Waals surface area (Å²) in [5, 5.41) is 3.43. The Bertz CT molecular complexity index is 237. The number of likely N-dealkylation sites (N-methyl/N-ethyl adjacent to an activating group) is 1. The van der Waals surface area contributed by atoms with Gasteiger partial charge in [-0.2, -0.15) is 0 Å². The Labute approximate surface area is 97.3 Å². The van der Waals surface area contributed by atoms with Crippen molar-refractivity contribution >= 4 is 5.91 Å². The summed E-state index contributed by atoms with van der Waals surface area (Å²) in [6, 6.07) is 0.476. The lowest BCUT2D eigenvalue weighted by Gasteiger charge is -2.34. The summed E-state index contributed by atoms with van der Waals surface area (Å²) in [6.45, 7) is 5.60. The summed E-state index contributed by atoms with van der Waals surface area (Å²) in [7, 11) is 0. The fourth-order valence-electron chi connectivity index (χ4n) is 2.61. The molecule has 2 heterocycles. The quantitative estimate of drug-likeness (QED) is 0.772.